The SMILES string of the molecule is COc1cc(C=NNC(=O)CSc2nnc(-c3ccccc3)n2C)ccc1OCc1ccc(Cl)c(Cl)c1. The molecule has 0 atom stereocenters. The summed E-state index contributed by atoms with van der Waals surface area (Å²) in [6.45, 7) is 0.298. The summed E-state index contributed by atoms with van der Waals surface area (Å²) in [5.41, 5.74) is 5.09. The van der Waals surface area contributed by atoms with E-state index in [2.05, 4.69) is 20.7 Å². The van der Waals surface area contributed by atoms with Crippen molar-refractivity contribution in [3.05, 3.63) is 87.9 Å². The van der Waals surface area contributed by atoms with E-state index in [-0.39, 0.29) is 11.7 Å². The molecular formula is C26H23Cl2N5O3S. The van der Waals surface area contributed by atoms with E-state index in [1.807, 2.05) is 54.1 Å². The topological polar surface area (TPSA) is 90.6 Å². The third-order valence-corrected chi connectivity index (χ3v) is 6.93. The van der Waals surface area contributed by atoms with Crippen molar-refractivity contribution in [1.29, 1.82) is 0 Å². The van der Waals surface area contributed by atoms with E-state index < -0.39 is 0 Å². The maximum atomic E-state index is 12.3. The lowest BCUT2D eigenvalue weighted by Crippen LogP contribution is -2.19. The van der Waals surface area contributed by atoms with Crippen LogP contribution in [0.25, 0.3) is 11.4 Å². The number of aromatic nitrogens is 3. The molecule has 0 saturated carbocycles. The van der Waals surface area contributed by atoms with Gasteiger partial charge in [0.1, 0.15) is 6.61 Å². The van der Waals surface area contributed by atoms with Crippen LogP contribution in [0.15, 0.2) is 77.0 Å². The van der Waals surface area contributed by atoms with Crippen molar-refractivity contribution in [2.45, 2.75) is 11.8 Å². The number of ether oxygens (including phenoxy) is 2. The normalized spacial score (nSPS) is 11.0. The minimum absolute atomic E-state index is 0.142. The lowest BCUT2D eigenvalue weighted by atomic mass is 10.2. The van der Waals surface area contributed by atoms with Gasteiger partial charge in [0.15, 0.2) is 22.5 Å². The number of hydrazone groups is 1. The Morgan fingerprint density at radius 1 is 1.05 bits per heavy atom. The molecule has 0 aliphatic carbocycles. The summed E-state index contributed by atoms with van der Waals surface area (Å²) in [6.07, 6.45) is 1.53. The summed E-state index contributed by atoms with van der Waals surface area (Å²) in [4.78, 5) is 12.3. The molecule has 0 unspecified atom stereocenters. The van der Waals surface area contributed by atoms with Crippen molar-refractivity contribution in [3.63, 3.8) is 0 Å². The van der Waals surface area contributed by atoms with Gasteiger partial charge in [-0.2, -0.15) is 5.10 Å². The fourth-order valence-corrected chi connectivity index (χ4v) is 4.32. The predicted molar refractivity (Wildman–Crippen MR) is 147 cm³/mol. The Labute approximate surface area is 228 Å². The minimum Gasteiger partial charge on any atom is -0.493 e. The molecule has 1 aromatic heterocycles. The zero-order valence-corrected chi connectivity index (χ0v) is 22.3. The van der Waals surface area contributed by atoms with Gasteiger partial charge in [0.05, 0.1) is 29.1 Å². The number of hydrogen-bond acceptors (Lipinski definition) is 7. The number of benzene rings is 3. The van der Waals surface area contributed by atoms with Gasteiger partial charge in [0.2, 0.25) is 0 Å². The van der Waals surface area contributed by atoms with Crippen molar-refractivity contribution < 1.29 is 14.3 Å². The van der Waals surface area contributed by atoms with Crippen LogP contribution in [-0.4, -0.2) is 39.7 Å². The van der Waals surface area contributed by atoms with E-state index in [1.54, 1.807) is 31.4 Å². The highest BCUT2D eigenvalue weighted by Crippen LogP contribution is 2.29. The Morgan fingerprint density at radius 3 is 2.62 bits per heavy atom. The van der Waals surface area contributed by atoms with Gasteiger partial charge < -0.3 is 14.0 Å². The molecule has 0 aliphatic heterocycles. The Hall–Kier alpha value is -3.53. The molecule has 11 heteroatoms. The van der Waals surface area contributed by atoms with Gasteiger partial charge in [0, 0.05) is 12.6 Å². The molecule has 4 rings (SSSR count). The van der Waals surface area contributed by atoms with Gasteiger partial charge in [-0.15, -0.1) is 10.2 Å². The summed E-state index contributed by atoms with van der Waals surface area (Å²) in [5.74, 6) is 1.70. The van der Waals surface area contributed by atoms with Crippen LogP contribution in [0.1, 0.15) is 11.1 Å². The summed E-state index contributed by atoms with van der Waals surface area (Å²) in [7, 11) is 3.42. The molecular weight excluding hydrogens is 533 g/mol. The first-order chi connectivity index (χ1) is 17.9. The maximum absolute atomic E-state index is 12.3. The molecule has 1 heterocycles. The highest BCUT2D eigenvalue weighted by molar-refractivity contribution is 7.99. The standard InChI is InChI=1S/C26H23Cl2N5O3S/c1-33-25(19-6-4-3-5-7-19)31-32-26(33)37-16-24(34)30-29-14-17-9-11-22(23(13-17)35-2)36-15-18-8-10-20(27)21(28)12-18/h3-14H,15-16H2,1-2H3,(H,30,34). The van der Waals surface area contributed by atoms with E-state index in [9.17, 15) is 4.79 Å². The van der Waals surface area contributed by atoms with Gasteiger partial charge in [-0.25, -0.2) is 5.43 Å². The Morgan fingerprint density at radius 2 is 1.86 bits per heavy atom. The van der Waals surface area contributed by atoms with Crippen molar-refractivity contribution in [2.75, 3.05) is 12.9 Å². The first-order valence-corrected chi connectivity index (χ1v) is 12.8. The second kappa shape index (κ2) is 12.6. The molecule has 8 nitrogen and oxygen atoms in total. The van der Waals surface area contributed by atoms with Crippen LogP contribution in [0, 0.1) is 0 Å². The fraction of sp³-hybridized carbons (Fsp3) is 0.154. The van der Waals surface area contributed by atoms with Crippen LogP contribution in [-0.2, 0) is 18.4 Å². The lowest BCUT2D eigenvalue weighted by Gasteiger charge is -2.11. The average molecular weight is 556 g/mol. The van der Waals surface area contributed by atoms with E-state index in [4.69, 9.17) is 32.7 Å². The van der Waals surface area contributed by atoms with Gasteiger partial charge in [-0.05, 0) is 41.5 Å². The van der Waals surface area contributed by atoms with Crippen molar-refractivity contribution in [2.24, 2.45) is 12.1 Å². The second-order valence-electron chi connectivity index (χ2n) is 7.76. The number of rotatable bonds is 10. The van der Waals surface area contributed by atoms with E-state index >= 15 is 0 Å². The lowest BCUT2D eigenvalue weighted by molar-refractivity contribution is -0.118. The highest BCUT2D eigenvalue weighted by atomic mass is 35.5. The Bertz CT molecular complexity index is 1410. The third kappa shape index (κ3) is 7.03. The highest BCUT2D eigenvalue weighted by Gasteiger charge is 2.12. The number of halogens is 2. The minimum atomic E-state index is -0.265. The first-order valence-electron chi connectivity index (χ1n) is 11.1. The number of hydrogen-bond donors (Lipinski definition) is 1. The molecule has 3 aromatic carbocycles. The smallest absolute Gasteiger partial charge is 0.250 e. The first kappa shape index (κ1) is 26.5. The summed E-state index contributed by atoms with van der Waals surface area (Å²) in [5, 5.41) is 14.0. The van der Waals surface area contributed by atoms with Crippen LogP contribution in [0.4, 0.5) is 0 Å². The molecule has 0 spiro atoms. The second-order valence-corrected chi connectivity index (χ2v) is 9.52. The monoisotopic (exact) mass is 555 g/mol. The molecule has 190 valence electrons. The summed E-state index contributed by atoms with van der Waals surface area (Å²) < 4.78 is 13.2. The number of amides is 1. The van der Waals surface area contributed by atoms with Gasteiger partial charge >= 0.3 is 0 Å². The third-order valence-electron chi connectivity index (χ3n) is 5.17. The number of thioether (sulfide) groups is 1. The van der Waals surface area contributed by atoms with Crippen LogP contribution >= 0.6 is 35.0 Å². The van der Waals surface area contributed by atoms with Crippen molar-refractivity contribution in [3.8, 4) is 22.9 Å². The summed E-state index contributed by atoms with van der Waals surface area (Å²) >= 11 is 13.3. The molecule has 4 aromatic rings. The quantitative estimate of drug-likeness (QED) is 0.155. The van der Waals surface area contributed by atoms with Gasteiger partial charge in [0.25, 0.3) is 5.91 Å². The number of carbonyl (C=O) groups excluding carboxylic acids is 1. The molecule has 0 aliphatic rings. The Balaban J connectivity index is 1.29. The largest absolute Gasteiger partial charge is 0.493 e. The maximum Gasteiger partial charge on any atom is 0.250 e. The van der Waals surface area contributed by atoms with Crippen LogP contribution in [0.3, 0.4) is 0 Å². The predicted octanol–water partition coefficient (Wildman–Crippen LogP) is 5.62. The molecule has 1 amide bonds. The molecule has 37 heavy (non-hydrogen) atoms. The van der Waals surface area contributed by atoms with E-state index in [0.29, 0.717) is 33.3 Å². The molecule has 0 radical (unpaired) electrons. The van der Waals surface area contributed by atoms with Crippen LogP contribution in [0.5, 0.6) is 11.5 Å². The number of nitrogens with one attached hydrogen (secondary N) is 1. The van der Waals surface area contributed by atoms with E-state index in [0.717, 1.165) is 22.5 Å². The van der Waals surface area contributed by atoms with Gasteiger partial charge in [-0.3, -0.25) is 4.79 Å². The van der Waals surface area contributed by atoms with Crippen molar-refractivity contribution >= 4 is 47.1 Å². The summed E-state index contributed by atoms with van der Waals surface area (Å²) in [6, 6.07) is 20.4. The zero-order chi connectivity index (χ0) is 26.2. The van der Waals surface area contributed by atoms with Crippen LogP contribution in [0.2, 0.25) is 10.0 Å². The number of methoxy groups -OCH3 is 1. The van der Waals surface area contributed by atoms with E-state index in [1.165, 1.54) is 18.0 Å². The molecule has 0 bridgehead atoms. The molecule has 0 saturated heterocycles. The molecule has 1 N–H and O–H groups in total. The van der Waals surface area contributed by atoms with Crippen molar-refractivity contribution in [1.82, 2.24) is 20.2 Å². The number of carbonyl (C=O) groups is 1. The fourth-order valence-electron chi connectivity index (χ4n) is 3.29. The number of nitrogens with zero attached hydrogens (tertiary/aromatic N) is 4. The molecule has 0 fully saturated rings. The average Bonchev–Trinajstić information content (AvgIpc) is 3.29. The zero-order valence-electron chi connectivity index (χ0n) is 20.0. The van der Waals surface area contributed by atoms with Crippen LogP contribution < -0.4 is 14.9 Å². The Kier molecular flexibility index (Phi) is 9.05. The van der Waals surface area contributed by atoms with Gasteiger partial charge in [-0.1, -0.05) is 71.4 Å².